The molecule has 0 amide bonds. The minimum Gasteiger partial charge on any atom is -0.273 e. The standard InChI is InChI=1S/C12H21N5O/c1-15(2)10-13-11-8-6-7-9-12(11)17(18-5)14-16(3)4/h6-10,14H,1-5H3/p+1. The van der Waals surface area contributed by atoms with Crippen molar-refractivity contribution in [2.45, 2.75) is 0 Å². The largest absolute Gasteiger partial charge is 0.273 e. The first kappa shape index (κ1) is 14.4. The van der Waals surface area contributed by atoms with Crippen LogP contribution in [0, 0.1) is 0 Å². The number of nitrogens with zero attached hydrogens (tertiary/aromatic N) is 3. The van der Waals surface area contributed by atoms with E-state index >= 15 is 0 Å². The summed E-state index contributed by atoms with van der Waals surface area (Å²) in [5.74, 6) is 0. The molecule has 0 saturated heterocycles. The van der Waals surface area contributed by atoms with Crippen LogP contribution in [0.3, 0.4) is 0 Å². The van der Waals surface area contributed by atoms with Crippen molar-refractivity contribution in [3.05, 3.63) is 24.3 Å². The van der Waals surface area contributed by atoms with Crippen molar-refractivity contribution in [1.29, 1.82) is 0 Å². The average molecular weight is 252 g/mol. The third kappa shape index (κ3) is 4.33. The fourth-order valence-corrected chi connectivity index (χ4v) is 1.35. The first-order valence-corrected chi connectivity index (χ1v) is 5.67. The Morgan fingerprint density at radius 2 is 1.89 bits per heavy atom. The van der Waals surface area contributed by atoms with E-state index in [-0.39, 0.29) is 0 Å². The summed E-state index contributed by atoms with van der Waals surface area (Å²) in [5, 5.41) is 6.61. The van der Waals surface area contributed by atoms with Gasteiger partial charge in [0.1, 0.15) is 5.69 Å². The van der Waals surface area contributed by atoms with Gasteiger partial charge in [-0.3, -0.25) is 9.41 Å². The molecule has 1 aromatic carbocycles. The minimum absolute atomic E-state index is 0.895. The topological polar surface area (TPSA) is 42.8 Å². The van der Waals surface area contributed by atoms with Crippen molar-refractivity contribution in [2.24, 2.45) is 0 Å². The van der Waals surface area contributed by atoms with Gasteiger partial charge in [0.15, 0.2) is 5.69 Å². The summed E-state index contributed by atoms with van der Waals surface area (Å²) in [5.41, 5.74) is 4.89. The van der Waals surface area contributed by atoms with Crippen molar-refractivity contribution < 1.29 is 9.41 Å². The molecule has 0 atom stereocenters. The van der Waals surface area contributed by atoms with E-state index in [1.165, 1.54) is 0 Å². The number of rotatable bonds is 6. The van der Waals surface area contributed by atoms with E-state index in [2.05, 4.69) is 10.9 Å². The van der Waals surface area contributed by atoms with Crippen LogP contribution in [0.4, 0.5) is 11.4 Å². The summed E-state index contributed by atoms with van der Waals surface area (Å²) < 4.78 is 1.94. The molecule has 0 aliphatic carbocycles. The molecular weight excluding hydrogens is 230 g/mol. The van der Waals surface area contributed by atoms with Crippen LogP contribution in [0.5, 0.6) is 0 Å². The zero-order chi connectivity index (χ0) is 13.5. The van der Waals surface area contributed by atoms with Gasteiger partial charge in [0, 0.05) is 14.1 Å². The molecule has 0 aliphatic rings. The van der Waals surface area contributed by atoms with Crippen molar-refractivity contribution in [3.63, 3.8) is 0 Å². The maximum Gasteiger partial charge on any atom is 0.236 e. The number of hydrogen-bond donors (Lipinski definition) is 2. The van der Waals surface area contributed by atoms with Crippen molar-refractivity contribution in [3.8, 4) is 0 Å². The Labute approximate surface area is 108 Å². The molecule has 0 fully saturated rings. The summed E-state index contributed by atoms with van der Waals surface area (Å²) >= 11 is 0. The van der Waals surface area contributed by atoms with Crippen LogP contribution in [0.2, 0.25) is 0 Å². The van der Waals surface area contributed by atoms with Crippen LogP contribution in [-0.2, 0) is 4.84 Å². The quantitative estimate of drug-likeness (QED) is 0.338. The zero-order valence-electron chi connectivity index (χ0n) is 11.6. The second-order valence-corrected chi connectivity index (χ2v) is 4.23. The number of benzene rings is 1. The van der Waals surface area contributed by atoms with E-state index in [0.717, 1.165) is 11.4 Å². The molecule has 0 spiro atoms. The number of hydrogen-bond acceptors (Lipinski definition) is 4. The highest BCUT2D eigenvalue weighted by molar-refractivity contribution is 5.81. The van der Waals surface area contributed by atoms with E-state index < -0.39 is 0 Å². The van der Waals surface area contributed by atoms with E-state index in [1.807, 2.05) is 63.4 Å². The number of hydrazine groups is 2. The van der Waals surface area contributed by atoms with Gasteiger partial charge in [0.2, 0.25) is 6.34 Å². The highest BCUT2D eigenvalue weighted by atomic mass is 16.7. The lowest BCUT2D eigenvalue weighted by Crippen LogP contribution is -2.46. The van der Waals surface area contributed by atoms with Gasteiger partial charge in [-0.05, 0) is 12.1 Å². The fourth-order valence-electron chi connectivity index (χ4n) is 1.35. The molecule has 0 aromatic heterocycles. The average Bonchev–Trinajstić information content (AvgIpc) is 2.33. The third-order valence-electron chi connectivity index (χ3n) is 2.07. The molecule has 0 radical (unpaired) electrons. The van der Waals surface area contributed by atoms with E-state index in [9.17, 15) is 0 Å². The maximum absolute atomic E-state index is 5.31. The van der Waals surface area contributed by atoms with Crippen molar-refractivity contribution >= 4 is 17.7 Å². The van der Waals surface area contributed by atoms with Gasteiger partial charge < -0.3 is 0 Å². The number of anilines is 2. The third-order valence-corrected chi connectivity index (χ3v) is 2.07. The molecular formula is C12H22N5O+. The molecule has 0 unspecified atom stereocenters. The molecule has 6 nitrogen and oxygen atoms in total. The molecule has 0 aliphatic heterocycles. The predicted molar refractivity (Wildman–Crippen MR) is 74.5 cm³/mol. The Balaban J connectivity index is 2.95. The monoisotopic (exact) mass is 252 g/mol. The van der Waals surface area contributed by atoms with Crippen LogP contribution in [0.15, 0.2) is 24.3 Å². The molecule has 0 bridgehead atoms. The Morgan fingerprint density at radius 3 is 2.44 bits per heavy atom. The number of para-hydroxylation sites is 2. The van der Waals surface area contributed by atoms with E-state index in [4.69, 9.17) is 4.84 Å². The fraction of sp³-hybridized carbons (Fsp3) is 0.417. The highest BCUT2D eigenvalue weighted by Gasteiger charge is 2.13. The van der Waals surface area contributed by atoms with Crippen molar-refractivity contribution in [2.75, 3.05) is 45.8 Å². The molecule has 1 rings (SSSR count). The summed E-state index contributed by atoms with van der Waals surface area (Å²) in [7, 11) is 9.33. The van der Waals surface area contributed by atoms with Gasteiger partial charge in [-0.2, -0.15) is 5.17 Å². The van der Waals surface area contributed by atoms with Gasteiger partial charge in [-0.1, -0.05) is 12.1 Å². The van der Waals surface area contributed by atoms with E-state index in [0.29, 0.717) is 0 Å². The summed E-state index contributed by atoms with van der Waals surface area (Å²) in [6.07, 6.45) is 1.88. The Bertz CT molecular complexity index is 401. The predicted octanol–water partition coefficient (Wildman–Crippen LogP) is 0.748. The SMILES string of the molecule is CON(NN(C)C)c1ccccc1NC=[N+](C)C. The molecule has 2 N–H and O–H groups in total. The minimum atomic E-state index is 0.895. The Morgan fingerprint density at radius 1 is 1.22 bits per heavy atom. The lowest BCUT2D eigenvalue weighted by Gasteiger charge is -2.26. The van der Waals surface area contributed by atoms with Crippen LogP contribution in [-0.4, -0.2) is 51.2 Å². The van der Waals surface area contributed by atoms with Gasteiger partial charge in [-0.25, -0.2) is 10.3 Å². The lowest BCUT2D eigenvalue weighted by molar-refractivity contribution is -0.459. The summed E-state index contributed by atoms with van der Waals surface area (Å²) in [6.45, 7) is 0. The zero-order valence-corrected chi connectivity index (χ0v) is 11.6. The smallest absolute Gasteiger partial charge is 0.236 e. The second kappa shape index (κ2) is 6.95. The van der Waals surface area contributed by atoms with Gasteiger partial charge in [0.25, 0.3) is 0 Å². The molecule has 100 valence electrons. The van der Waals surface area contributed by atoms with Crippen LogP contribution < -0.4 is 16.0 Å². The van der Waals surface area contributed by atoms with Gasteiger partial charge in [-0.15, -0.1) is 5.53 Å². The van der Waals surface area contributed by atoms with E-state index in [1.54, 1.807) is 17.3 Å². The summed E-state index contributed by atoms with van der Waals surface area (Å²) in [6, 6.07) is 7.88. The number of nitrogens with one attached hydrogen (secondary N) is 2. The van der Waals surface area contributed by atoms with Crippen molar-refractivity contribution in [1.82, 2.24) is 10.5 Å². The molecule has 1 aromatic rings. The maximum atomic E-state index is 5.31. The first-order valence-electron chi connectivity index (χ1n) is 5.67. The molecule has 0 heterocycles. The van der Waals surface area contributed by atoms with Gasteiger partial charge in [0.05, 0.1) is 21.2 Å². The van der Waals surface area contributed by atoms with Crippen LogP contribution >= 0.6 is 0 Å². The summed E-state index contributed by atoms with van der Waals surface area (Å²) in [4.78, 5) is 5.31. The second-order valence-electron chi connectivity index (χ2n) is 4.23. The molecule has 6 heteroatoms. The van der Waals surface area contributed by atoms with Gasteiger partial charge >= 0.3 is 0 Å². The molecule has 0 saturated carbocycles. The highest BCUT2D eigenvalue weighted by Crippen LogP contribution is 2.23. The van der Waals surface area contributed by atoms with Crippen LogP contribution in [0.1, 0.15) is 0 Å². The first-order chi connectivity index (χ1) is 8.54. The Hall–Kier alpha value is -1.63. The normalized spacial score (nSPS) is 10.3. The Kier molecular flexibility index (Phi) is 5.57. The lowest BCUT2D eigenvalue weighted by atomic mass is 10.3. The molecule has 18 heavy (non-hydrogen) atoms. The van der Waals surface area contributed by atoms with Crippen LogP contribution in [0.25, 0.3) is 0 Å².